The van der Waals surface area contributed by atoms with Crippen molar-refractivity contribution in [2.45, 2.75) is 44.2 Å². The molecule has 0 atom stereocenters. The van der Waals surface area contributed by atoms with E-state index in [1.165, 1.54) is 18.6 Å². The molecule has 1 aromatic rings. The summed E-state index contributed by atoms with van der Waals surface area (Å²) in [4.78, 5) is 0. The molecular weight excluding hydrogens is 233 g/mol. The van der Waals surface area contributed by atoms with Gasteiger partial charge in [0.25, 0.3) is 0 Å². The first-order chi connectivity index (χ1) is 8.59. The molecule has 0 spiro atoms. The average molecular weight is 253 g/mol. The number of halogens is 1. The van der Waals surface area contributed by atoms with Crippen molar-refractivity contribution in [3.63, 3.8) is 0 Å². The van der Waals surface area contributed by atoms with Crippen molar-refractivity contribution in [1.29, 1.82) is 0 Å². The smallest absolute Gasteiger partial charge is 0.165 e. The molecule has 100 valence electrons. The van der Waals surface area contributed by atoms with E-state index >= 15 is 0 Å². The van der Waals surface area contributed by atoms with Crippen LogP contribution < -0.4 is 5.32 Å². The molecule has 18 heavy (non-hydrogen) atoms. The van der Waals surface area contributed by atoms with Crippen molar-refractivity contribution in [1.82, 2.24) is 5.32 Å². The van der Waals surface area contributed by atoms with Crippen LogP contribution >= 0.6 is 0 Å². The summed E-state index contributed by atoms with van der Waals surface area (Å²) in [6.45, 7) is 1.04. The minimum Gasteiger partial charge on any atom is -0.505 e. The zero-order valence-corrected chi connectivity index (χ0v) is 10.5. The summed E-state index contributed by atoms with van der Waals surface area (Å²) < 4.78 is 13.1. The summed E-state index contributed by atoms with van der Waals surface area (Å²) >= 11 is 0. The second-order valence-electron chi connectivity index (χ2n) is 5.17. The van der Waals surface area contributed by atoms with Gasteiger partial charge in [-0.3, -0.25) is 0 Å². The Kier molecular flexibility index (Phi) is 4.19. The van der Waals surface area contributed by atoms with E-state index in [-0.39, 0.29) is 5.75 Å². The van der Waals surface area contributed by atoms with Crippen LogP contribution in [-0.4, -0.2) is 22.4 Å². The van der Waals surface area contributed by atoms with E-state index in [0.717, 1.165) is 31.2 Å². The molecule has 0 aliphatic heterocycles. The topological polar surface area (TPSA) is 52.5 Å². The molecule has 1 aliphatic carbocycles. The molecule has 0 saturated heterocycles. The first-order valence-electron chi connectivity index (χ1n) is 6.50. The zero-order chi connectivity index (χ0) is 13.0. The van der Waals surface area contributed by atoms with E-state index in [1.807, 2.05) is 0 Å². The summed E-state index contributed by atoms with van der Waals surface area (Å²) in [6, 6.07) is 4.34. The first-order valence-corrected chi connectivity index (χ1v) is 6.50. The highest BCUT2D eigenvalue weighted by Gasteiger charge is 2.28. The van der Waals surface area contributed by atoms with E-state index in [2.05, 4.69) is 5.32 Å². The Morgan fingerprint density at radius 2 is 1.94 bits per heavy atom. The summed E-state index contributed by atoms with van der Waals surface area (Å²) in [5.41, 5.74) is 0.165. The minimum absolute atomic E-state index is 0.329. The second kappa shape index (κ2) is 5.67. The molecule has 3 N–H and O–H groups in total. The maximum atomic E-state index is 13.1. The Bertz CT molecular complexity index is 403. The van der Waals surface area contributed by atoms with Crippen molar-refractivity contribution >= 4 is 0 Å². The van der Waals surface area contributed by atoms with Crippen molar-refractivity contribution in [3.05, 3.63) is 29.6 Å². The van der Waals surface area contributed by atoms with E-state index in [0.29, 0.717) is 13.1 Å². The van der Waals surface area contributed by atoms with Gasteiger partial charge in [0, 0.05) is 13.1 Å². The maximum Gasteiger partial charge on any atom is 0.165 e. The number of phenols is 1. The molecule has 2 rings (SSSR count). The number of aliphatic hydroxyl groups is 1. The van der Waals surface area contributed by atoms with E-state index < -0.39 is 11.4 Å². The molecule has 0 heterocycles. The lowest BCUT2D eigenvalue weighted by atomic mass is 9.85. The van der Waals surface area contributed by atoms with Crippen LogP contribution in [0.15, 0.2) is 18.2 Å². The lowest BCUT2D eigenvalue weighted by molar-refractivity contribution is 0.00467. The fourth-order valence-electron chi connectivity index (χ4n) is 2.49. The van der Waals surface area contributed by atoms with Crippen molar-refractivity contribution in [3.8, 4) is 5.75 Å². The molecular formula is C14H20FNO2. The van der Waals surface area contributed by atoms with E-state index in [4.69, 9.17) is 5.11 Å². The van der Waals surface area contributed by atoms with Gasteiger partial charge in [0.1, 0.15) is 0 Å². The highest BCUT2D eigenvalue weighted by Crippen LogP contribution is 2.27. The molecule has 0 bridgehead atoms. The van der Waals surface area contributed by atoms with Crippen LogP contribution in [0.1, 0.15) is 37.7 Å². The Labute approximate surface area is 107 Å². The molecule has 0 unspecified atom stereocenters. The zero-order valence-electron chi connectivity index (χ0n) is 10.5. The summed E-state index contributed by atoms with van der Waals surface area (Å²) in [6.07, 6.45) is 5.03. The molecule has 4 heteroatoms. The summed E-state index contributed by atoms with van der Waals surface area (Å²) in [5, 5.41) is 22.5. The first kappa shape index (κ1) is 13.3. The third kappa shape index (κ3) is 3.43. The van der Waals surface area contributed by atoms with Gasteiger partial charge in [0.05, 0.1) is 5.60 Å². The Balaban J connectivity index is 1.82. The van der Waals surface area contributed by atoms with Crippen molar-refractivity contribution in [2.75, 3.05) is 6.54 Å². The molecule has 0 amide bonds. The average Bonchev–Trinajstić information content (AvgIpc) is 2.34. The number of hydrogen-bond acceptors (Lipinski definition) is 3. The predicted molar refractivity (Wildman–Crippen MR) is 67.8 cm³/mol. The largest absolute Gasteiger partial charge is 0.505 e. The predicted octanol–water partition coefficient (Wildman–Crippen LogP) is 2.32. The van der Waals surface area contributed by atoms with Crippen LogP contribution in [0.2, 0.25) is 0 Å². The Morgan fingerprint density at radius 3 is 2.61 bits per heavy atom. The number of benzene rings is 1. The number of nitrogens with one attached hydrogen (secondary N) is 1. The molecule has 1 aliphatic rings. The van der Waals surface area contributed by atoms with Crippen LogP contribution in [-0.2, 0) is 6.54 Å². The molecule has 1 saturated carbocycles. The van der Waals surface area contributed by atoms with E-state index in [9.17, 15) is 9.50 Å². The molecule has 3 nitrogen and oxygen atoms in total. The minimum atomic E-state index is -0.606. The third-order valence-corrected chi connectivity index (χ3v) is 3.58. The molecule has 0 aromatic heterocycles. The normalized spacial score (nSPS) is 18.8. The van der Waals surface area contributed by atoms with E-state index in [1.54, 1.807) is 6.07 Å². The number of phenolic OH excluding ortho intramolecular Hbond substituents is 1. The molecule has 1 fully saturated rings. The lowest BCUT2D eigenvalue weighted by Gasteiger charge is -2.32. The fourth-order valence-corrected chi connectivity index (χ4v) is 2.49. The Morgan fingerprint density at radius 1 is 1.22 bits per heavy atom. The van der Waals surface area contributed by atoms with Crippen LogP contribution in [0.3, 0.4) is 0 Å². The van der Waals surface area contributed by atoms with Gasteiger partial charge in [-0.2, -0.15) is 0 Å². The van der Waals surface area contributed by atoms with Gasteiger partial charge < -0.3 is 15.5 Å². The molecule has 0 radical (unpaired) electrons. The highest BCUT2D eigenvalue weighted by molar-refractivity contribution is 5.27. The van der Waals surface area contributed by atoms with Gasteiger partial charge in [-0.25, -0.2) is 4.39 Å². The summed E-state index contributed by atoms with van der Waals surface area (Å²) in [5.74, 6) is -0.935. The SMILES string of the molecule is Oc1ccc(CNCC2(O)CCCCC2)cc1F. The van der Waals surface area contributed by atoms with Gasteiger partial charge in [0.15, 0.2) is 11.6 Å². The van der Waals surface area contributed by atoms with Crippen molar-refractivity contribution < 1.29 is 14.6 Å². The highest BCUT2D eigenvalue weighted by atomic mass is 19.1. The number of rotatable bonds is 4. The van der Waals surface area contributed by atoms with Crippen LogP contribution in [0.4, 0.5) is 4.39 Å². The van der Waals surface area contributed by atoms with Gasteiger partial charge >= 0.3 is 0 Å². The molecule has 1 aromatic carbocycles. The Hall–Kier alpha value is -1.13. The van der Waals surface area contributed by atoms with Crippen LogP contribution in [0.25, 0.3) is 0 Å². The van der Waals surface area contributed by atoms with Crippen LogP contribution in [0.5, 0.6) is 5.75 Å². The van der Waals surface area contributed by atoms with Gasteiger partial charge in [-0.1, -0.05) is 25.3 Å². The second-order valence-corrected chi connectivity index (χ2v) is 5.17. The maximum absolute atomic E-state index is 13.1. The fraction of sp³-hybridized carbons (Fsp3) is 0.571. The van der Waals surface area contributed by atoms with Gasteiger partial charge in [-0.15, -0.1) is 0 Å². The van der Waals surface area contributed by atoms with Gasteiger partial charge in [0.2, 0.25) is 0 Å². The monoisotopic (exact) mass is 253 g/mol. The van der Waals surface area contributed by atoms with Crippen molar-refractivity contribution in [2.24, 2.45) is 0 Å². The third-order valence-electron chi connectivity index (χ3n) is 3.58. The quantitative estimate of drug-likeness (QED) is 0.772. The van der Waals surface area contributed by atoms with Gasteiger partial charge in [-0.05, 0) is 30.5 Å². The standard InChI is InChI=1S/C14H20FNO2/c15-12-8-11(4-5-13(12)17)9-16-10-14(18)6-2-1-3-7-14/h4-5,8,16-18H,1-3,6-7,9-10H2. The van der Waals surface area contributed by atoms with Crippen LogP contribution in [0, 0.1) is 5.82 Å². The number of aromatic hydroxyl groups is 1. The lowest BCUT2D eigenvalue weighted by Crippen LogP contribution is -2.41. The number of hydrogen-bond donors (Lipinski definition) is 3. The summed E-state index contributed by atoms with van der Waals surface area (Å²) in [7, 11) is 0.